The van der Waals surface area contributed by atoms with E-state index in [4.69, 9.17) is 11.6 Å². The lowest BCUT2D eigenvalue weighted by Crippen LogP contribution is -2.02. The zero-order valence-electron chi connectivity index (χ0n) is 10.5. The van der Waals surface area contributed by atoms with Crippen LogP contribution in [-0.2, 0) is 12.3 Å². The summed E-state index contributed by atoms with van der Waals surface area (Å²) < 4.78 is 2.01. The average Bonchev–Trinajstić information content (AvgIpc) is 2.64. The molecule has 2 nitrogen and oxygen atoms in total. The molecule has 0 radical (unpaired) electrons. The molecule has 0 amide bonds. The van der Waals surface area contributed by atoms with E-state index < -0.39 is 0 Å². The van der Waals surface area contributed by atoms with Gasteiger partial charge in [-0.05, 0) is 37.5 Å². The first-order chi connectivity index (χ1) is 8.19. The number of alkyl halides is 1. The highest BCUT2D eigenvalue weighted by Gasteiger charge is 2.12. The Morgan fingerprint density at radius 3 is 2.53 bits per heavy atom. The Hall–Kier alpha value is -1.28. The van der Waals surface area contributed by atoms with Crippen molar-refractivity contribution in [1.82, 2.24) is 9.78 Å². The van der Waals surface area contributed by atoms with E-state index in [1.165, 1.54) is 11.3 Å². The van der Waals surface area contributed by atoms with Crippen LogP contribution in [0.4, 0.5) is 0 Å². The minimum atomic E-state index is 0.510. The van der Waals surface area contributed by atoms with Crippen LogP contribution in [0.25, 0.3) is 5.69 Å². The molecule has 0 N–H and O–H groups in total. The molecular weight excluding hydrogens is 232 g/mol. The Bertz CT molecular complexity index is 529. The van der Waals surface area contributed by atoms with Gasteiger partial charge in [0.15, 0.2) is 0 Å². The summed E-state index contributed by atoms with van der Waals surface area (Å²) in [5, 5.41) is 4.62. The third-order valence-corrected chi connectivity index (χ3v) is 3.45. The van der Waals surface area contributed by atoms with Crippen molar-refractivity contribution in [2.75, 3.05) is 0 Å². The van der Waals surface area contributed by atoms with Crippen LogP contribution in [-0.4, -0.2) is 9.78 Å². The van der Waals surface area contributed by atoms with Crippen molar-refractivity contribution in [1.29, 1.82) is 0 Å². The Labute approximate surface area is 107 Å². The van der Waals surface area contributed by atoms with E-state index in [0.29, 0.717) is 5.88 Å². The smallest absolute Gasteiger partial charge is 0.0692 e. The second-order valence-corrected chi connectivity index (χ2v) is 4.44. The predicted molar refractivity (Wildman–Crippen MR) is 72.0 cm³/mol. The van der Waals surface area contributed by atoms with Crippen LogP contribution >= 0.6 is 11.6 Å². The fourth-order valence-electron chi connectivity index (χ4n) is 2.25. The lowest BCUT2D eigenvalue weighted by molar-refractivity contribution is 0.825. The molecule has 0 aliphatic heterocycles. The van der Waals surface area contributed by atoms with Crippen LogP contribution in [0.15, 0.2) is 24.3 Å². The zero-order chi connectivity index (χ0) is 12.4. The first-order valence-corrected chi connectivity index (χ1v) is 6.41. The number of rotatable bonds is 3. The molecule has 0 bridgehead atoms. The topological polar surface area (TPSA) is 17.8 Å². The lowest BCUT2D eigenvalue weighted by Gasteiger charge is -2.09. The number of aryl methyl sites for hydroxylation is 1. The fraction of sp³-hybridized carbons (Fsp3) is 0.357. The highest BCUT2D eigenvalue weighted by Crippen LogP contribution is 2.21. The molecule has 17 heavy (non-hydrogen) atoms. The van der Waals surface area contributed by atoms with E-state index >= 15 is 0 Å². The molecule has 2 rings (SSSR count). The van der Waals surface area contributed by atoms with Gasteiger partial charge in [-0.2, -0.15) is 5.10 Å². The van der Waals surface area contributed by atoms with Gasteiger partial charge in [-0.15, -0.1) is 11.6 Å². The number of hydrogen-bond donors (Lipinski definition) is 0. The Kier molecular flexibility index (Phi) is 3.53. The maximum Gasteiger partial charge on any atom is 0.0692 e. The third-order valence-electron chi connectivity index (χ3n) is 3.16. The van der Waals surface area contributed by atoms with E-state index in [-0.39, 0.29) is 0 Å². The summed E-state index contributed by atoms with van der Waals surface area (Å²) in [5.74, 6) is 0.510. The van der Waals surface area contributed by atoms with Crippen molar-refractivity contribution in [3.05, 3.63) is 46.8 Å². The average molecular weight is 249 g/mol. The van der Waals surface area contributed by atoms with E-state index in [1.54, 1.807) is 0 Å². The first kappa shape index (κ1) is 12.2. The predicted octanol–water partition coefficient (Wildman–Crippen LogP) is 3.79. The Morgan fingerprint density at radius 1 is 1.24 bits per heavy atom. The summed E-state index contributed by atoms with van der Waals surface area (Å²) in [6.45, 7) is 6.34. The van der Waals surface area contributed by atoms with Gasteiger partial charge in [-0.25, -0.2) is 4.68 Å². The molecule has 1 aromatic carbocycles. The molecule has 3 heteroatoms. The number of para-hydroxylation sites is 1. The van der Waals surface area contributed by atoms with Crippen molar-refractivity contribution in [2.45, 2.75) is 33.1 Å². The molecule has 0 saturated heterocycles. The highest BCUT2D eigenvalue weighted by molar-refractivity contribution is 6.17. The van der Waals surface area contributed by atoms with Crippen molar-refractivity contribution in [2.24, 2.45) is 0 Å². The minimum absolute atomic E-state index is 0.510. The standard InChI is InChI=1S/C14H17ClN2/c1-4-13-10(2)16-17(11(13)3)14-8-6-5-7-12(14)9-15/h5-8H,4,9H2,1-3H3. The summed E-state index contributed by atoms with van der Waals surface area (Å²) in [6, 6.07) is 8.14. The van der Waals surface area contributed by atoms with E-state index in [9.17, 15) is 0 Å². The molecule has 0 spiro atoms. The fourth-order valence-corrected chi connectivity index (χ4v) is 2.48. The highest BCUT2D eigenvalue weighted by atomic mass is 35.5. The first-order valence-electron chi connectivity index (χ1n) is 5.88. The van der Waals surface area contributed by atoms with Gasteiger partial charge in [-0.1, -0.05) is 25.1 Å². The van der Waals surface area contributed by atoms with Gasteiger partial charge in [-0.3, -0.25) is 0 Å². The molecule has 0 saturated carbocycles. The molecule has 2 aromatic rings. The maximum atomic E-state index is 5.97. The van der Waals surface area contributed by atoms with E-state index in [0.717, 1.165) is 23.4 Å². The number of aromatic nitrogens is 2. The number of benzene rings is 1. The number of hydrogen-bond acceptors (Lipinski definition) is 1. The molecule has 90 valence electrons. The van der Waals surface area contributed by atoms with Crippen LogP contribution in [0.2, 0.25) is 0 Å². The molecule has 0 aliphatic rings. The van der Waals surface area contributed by atoms with Gasteiger partial charge in [0.2, 0.25) is 0 Å². The van der Waals surface area contributed by atoms with Crippen LogP contribution in [0.3, 0.4) is 0 Å². The van der Waals surface area contributed by atoms with Crippen molar-refractivity contribution in [3.63, 3.8) is 0 Å². The minimum Gasteiger partial charge on any atom is -0.237 e. The summed E-state index contributed by atoms with van der Waals surface area (Å²) in [4.78, 5) is 0. The number of nitrogens with zero attached hydrogens (tertiary/aromatic N) is 2. The van der Waals surface area contributed by atoms with Crippen LogP contribution in [0.5, 0.6) is 0 Å². The normalized spacial score (nSPS) is 10.8. The molecule has 1 aromatic heterocycles. The quantitative estimate of drug-likeness (QED) is 0.756. The molecule has 0 atom stereocenters. The maximum absolute atomic E-state index is 5.97. The second-order valence-electron chi connectivity index (χ2n) is 4.18. The molecule has 0 unspecified atom stereocenters. The van der Waals surface area contributed by atoms with Crippen LogP contribution in [0, 0.1) is 13.8 Å². The molecular formula is C14H17ClN2. The summed E-state index contributed by atoms with van der Waals surface area (Å²) in [6.07, 6.45) is 1.01. The summed E-state index contributed by atoms with van der Waals surface area (Å²) >= 11 is 5.97. The molecule has 0 fully saturated rings. The van der Waals surface area contributed by atoms with Gasteiger partial charge < -0.3 is 0 Å². The lowest BCUT2D eigenvalue weighted by atomic mass is 10.1. The number of halogens is 1. The largest absolute Gasteiger partial charge is 0.237 e. The zero-order valence-corrected chi connectivity index (χ0v) is 11.3. The van der Waals surface area contributed by atoms with Gasteiger partial charge in [0.25, 0.3) is 0 Å². The van der Waals surface area contributed by atoms with Crippen LogP contribution in [0.1, 0.15) is 29.4 Å². The third kappa shape index (κ3) is 2.09. The van der Waals surface area contributed by atoms with Crippen molar-refractivity contribution < 1.29 is 0 Å². The van der Waals surface area contributed by atoms with Gasteiger partial charge >= 0.3 is 0 Å². The summed E-state index contributed by atoms with van der Waals surface area (Å²) in [5.41, 5.74) is 5.84. The van der Waals surface area contributed by atoms with Gasteiger partial charge in [0.1, 0.15) is 0 Å². The van der Waals surface area contributed by atoms with Crippen molar-refractivity contribution >= 4 is 11.6 Å². The molecule has 1 heterocycles. The molecule has 0 aliphatic carbocycles. The van der Waals surface area contributed by atoms with Crippen molar-refractivity contribution in [3.8, 4) is 5.69 Å². The van der Waals surface area contributed by atoms with Gasteiger partial charge in [0, 0.05) is 11.6 Å². The monoisotopic (exact) mass is 248 g/mol. The Morgan fingerprint density at radius 2 is 1.94 bits per heavy atom. The SMILES string of the molecule is CCc1c(C)nn(-c2ccccc2CCl)c1C. The summed E-state index contributed by atoms with van der Waals surface area (Å²) in [7, 11) is 0. The Balaban J connectivity index is 2.61. The van der Waals surface area contributed by atoms with Crippen LogP contribution < -0.4 is 0 Å². The van der Waals surface area contributed by atoms with E-state index in [2.05, 4.69) is 31.9 Å². The second kappa shape index (κ2) is 4.92. The van der Waals surface area contributed by atoms with Gasteiger partial charge in [0.05, 0.1) is 11.4 Å². The van der Waals surface area contributed by atoms with E-state index in [1.807, 2.05) is 22.9 Å².